The predicted octanol–water partition coefficient (Wildman–Crippen LogP) is 3.82. The van der Waals surface area contributed by atoms with Gasteiger partial charge in [-0.1, -0.05) is 38.1 Å². The van der Waals surface area contributed by atoms with Gasteiger partial charge in [0.2, 0.25) is 0 Å². The smallest absolute Gasteiger partial charge is 0.252 e. The van der Waals surface area contributed by atoms with Gasteiger partial charge in [-0.15, -0.1) is 11.8 Å². The Labute approximate surface area is 152 Å². The summed E-state index contributed by atoms with van der Waals surface area (Å²) in [5, 5.41) is 12.6. The maximum Gasteiger partial charge on any atom is 0.252 e. The Morgan fingerprint density at radius 1 is 1.08 bits per heavy atom. The lowest BCUT2D eigenvalue weighted by atomic mass is 10.0. The van der Waals surface area contributed by atoms with Crippen molar-refractivity contribution in [1.29, 1.82) is 0 Å². The zero-order valence-corrected chi connectivity index (χ0v) is 15.5. The summed E-state index contributed by atoms with van der Waals surface area (Å²) < 4.78 is 0. The van der Waals surface area contributed by atoms with Crippen molar-refractivity contribution in [2.45, 2.75) is 31.7 Å². The van der Waals surface area contributed by atoms with E-state index in [0.29, 0.717) is 16.9 Å². The molecule has 0 aliphatic rings. The molecule has 0 bridgehead atoms. The summed E-state index contributed by atoms with van der Waals surface area (Å²) in [6.45, 7) is 5.34. The number of nitrogens with one attached hydrogen (secondary N) is 1. The quantitative estimate of drug-likeness (QED) is 0.740. The minimum atomic E-state index is -0.584. The number of carbonyl (C=O) groups excluding carboxylic acids is 2. The third-order valence-electron chi connectivity index (χ3n) is 3.93. The second-order valence-electron chi connectivity index (χ2n) is 6.16. The van der Waals surface area contributed by atoms with Crippen LogP contribution in [0.3, 0.4) is 0 Å². The summed E-state index contributed by atoms with van der Waals surface area (Å²) in [7, 11) is 0. The fraction of sp³-hybridized carbons (Fsp3) is 0.300. The highest BCUT2D eigenvalue weighted by Crippen LogP contribution is 2.21. The zero-order chi connectivity index (χ0) is 18.4. The van der Waals surface area contributed by atoms with Crippen molar-refractivity contribution in [3.05, 3.63) is 59.7 Å². The molecule has 0 fully saturated rings. The lowest BCUT2D eigenvalue weighted by Crippen LogP contribution is -2.44. The molecule has 2 N–H and O–H groups in total. The first kappa shape index (κ1) is 19.1. The summed E-state index contributed by atoms with van der Waals surface area (Å²) in [6, 6.07) is 14.0. The molecule has 2 rings (SSSR count). The topological polar surface area (TPSA) is 66.4 Å². The number of aromatic hydroxyl groups is 1. The highest BCUT2D eigenvalue weighted by atomic mass is 32.2. The average molecular weight is 357 g/mol. The summed E-state index contributed by atoms with van der Waals surface area (Å²) >= 11 is 1.53. The molecule has 0 aliphatic carbocycles. The minimum absolute atomic E-state index is 0.00501. The molecule has 25 heavy (non-hydrogen) atoms. The predicted molar refractivity (Wildman–Crippen MR) is 101 cm³/mol. The number of ketones is 1. The van der Waals surface area contributed by atoms with Crippen molar-refractivity contribution >= 4 is 23.5 Å². The molecule has 0 aliphatic heterocycles. The molecule has 1 atom stereocenters. The molecule has 0 heterocycles. The Hall–Kier alpha value is -2.27. The highest BCUT2D eigenvalue weighted by molar-refractivity contribution is 7.99. The monoisotopic (exact) mass is 357 g/mol. The van der Waals surface area contributed by atoms with Gasteiger partial charge in [0.1, 0.15) is 5.75 Å². The van der Waals surface area contributed by atoms with Crippen molar-refractivity contribution in [3.63, 3.8) is 0 Å². The first-order valence-corrected chi connectivity index (χ1v) is 9.19. The van der Waals surface area contributed by atoms with Crippen LogP contribution in [0.25, 0.3) is 0 Å². The molecule has 0 aromatic heterocycles. The SMILES string of the molecule is Cc1c(O)cccc1C(=O)N[C@@H](CSc1ccccc1)C(=O)C(C)C. The largest absolute Gasteiger partial charge is 0.508 e. The van der Waals surface area contributed by atoms with Crippen LogP contribution in [-0.2, 0) is 4.79 Å². The van der Waals surface area contributed by atoms with E-state index in [1.54, 1.807) is 19.1 Å². The number of phenols is 1. The molecule has 0 spiro atoms. The molecular formula is C20H23NO3S. The van der Waals surface area contributed by atoms with Crippen LogP contribution in [0.5, 0.6) is 5.75 Å². The van der Waals surface area contributed by atoms with Gasteiger partial charge in [0, 0.05) is 27.7 Å². The van der Waals surface area contributed by atoms with Crippen LogP contribution in [0.2, 0.25) is 0 Å². The Kier molecular flexibility index (Phi) is 6.65. The number of carbonyl (C=O) groups is 2. The van der Waals surface area contributed by atoms with E-state index in [4.69, 9.17) is 0 Å². The molecule has 2 aromatic rings. The second-order valence-corrected chi connectivity index (χ2v) is 7.25. The van der Waals surface area contributed by atoms with E-state index in [1.807, 2.05) is 44.2 Å². The van der Waals surface area contributed by atoms with Crippen LogP contribution in [0.15, 0.2) is 53.4 Å². The van der Waals surface area contributed by atoms with Crippen molar-refractivity contribution < 1.29 is 14.7 Å². The van der Waals surface area contributed by atoms with Gasteiger partial charge in [-0.05, 0) is 31.2 Å². The number of hydrogen-bond donors (Lipinski definition) is 2. The van der Waals surface area contributed by atoms with Gasteiger partial charge in [0.05, 0.1) is 6.04 Å². The molecule has 5 heteroatoms. The van der Waals surface area contributed by atoms with Crippen LogP contribution in [0.4, 0.5) is 0 Å². The van der Waals surface area contributed by atoms with Crippen LogP contribution in [0, 0.1) is 12.8 Å². The second kappa shape index (κ2) is 8.72. The third-order valence-corrected chi connectivity index (χ3v) is 5.03. The third kappa shape index (κ3) is 5.10. The number of benzene rings is 2. The number of rotatable bonds is 7. The Morgan fingerprint density at radius 2 is 1.76 bits per heavy atom. The van der Waals surface area contributed by atoms with Gasteiger partial charge in [0.15, 0.2) is 5.78 Å². The standard InChI is InChI=1S/C20H23NO3S/c1-13(2)19(23)17(12-25-15-8-5-4-6-9-15)21-20(24)16-10-7-11-18(22)14(16)3/h4-11,13,17,22H,12H2,1-3H3,(H,21,24)/t17-/m0/s1. The Morgan fingerprint density at radius 3 is 2.40 bits per heavy atom. The maximum atomic E-state index is 12.6. The van der Waals surface area contributed by atoms with Crippen molar-refractivity contribution in [2.24, 2.45) is 5.92 Å². The Bertz CT molecular complexity index is 744. The van der Waals surface area contributed by atoms with Crippen LogP contribution in [-0.4, -0.2) is 28.6 Å². The lowest BCUT2D eigenvalue weighted by molar-refractivity contribution is -0.123. The molecule has 0 saturated heterocycles. The van der Waals surface area contributed by atoms with Crippen LogP contribution < -0.4 is 5.32 Å². The summed E-state index contributed by atoms with van der Waals surface area (Å²) in [5.41, 5.74) is 0.887. The molecule has 132 valence electrons. The normalized spacial score (nSPS) is 12.0. The number of hydrogen-bond acceptors (Lipinski definition) is 4. The van der Waals surface area contributed by atoms with Gasteiger partial charge in [-0.3, -0.25) is 9.59 Å². The summed E-state index contributed by atoms with van der Waals surface area (Å²) in [6.07, 6.45) is 0. The van der Waals surface area contributed by atoms with E-state index < -0.39 is 6.04 Å². The molecule has 0 radical (unpaired) electrons. The van der Waals surface area contributed by atoms with E-state index in [9.17, 15) is 14.7 Å². The minimum Gasteiger partial charge on any atom is -0.508 e. The molecule has 0 saturated carbocycles. The van der Waals surface area contributed by atoms with Gasteiger partial charge >= 0.3 is 0 Å². The van der Waals surface area contributed by atoms with E-state index in [2.05, 4.69) is 5.32 Å². The highest BCUT2D eigenvalue weighted by Gasteiger charge is 2.24. The summed E-state index contributed by atoms with van der Waals surface area (Å²) in [4.78, 5) is 26.1. The van der Waals surface area contributed by atoms with Crippen molar-refractivity contribution in [1.82, 2.24) is 5.32 Å². The number of phenolic OH excluding ortho intramolecular Hbond substituents is 1. The van der Waals surface area contributed by atoms with Crippen LogP contribution in [0.1, 0.15) is 29.8 Å². The number of thioether (sulfide) groups is 1. The average Bonchev–Trinajstić information content (AvgIpc) is 2.60. The molecule has 1 amide bonds. The van der Waals surface area contributed by atoms with E-state index >= 15 is 0 Å². The van der Waals surface area contributed by atoms with E-state index in [0.717, 1.165) is 4.90 Å². The summed E-state index contributed by atoms with van der Waals surface area (Å²) in [5.74, 6) is 0.00519. The van der Waals surface area contributed by atoms with Gasteiger partial charge in [-0.25, -0.2) is 0 Å². The molecule has 4 nitrogen and oxygen atoms in total. The lowest BCUT2D eigenvalue weighted by Gasteiger charge is -2.20. The van der Waals surface area contributed by atoms with Gasteiger partial charge in [0.25, 0.3) is 5.91 Å². The zero-order valence-electron chi connectivity index (χ0n) is 14.7. The van der Waals surface area contributed by atoms with Gasteiger partial charge in [-0.2, -0.15) is 0 Å². The fourth-order valence-electron chi connectivity index (χ4n) is 2.40. The van der Waals surface area contributed by atoms with E-state index in [1.165, 1.54) is 17.8 Å². The molecule has 0 unspecified atom stereocenters. The molecule has 2 aromatic carbocycles. The fourth-order valence-corrected chi connectivity index (χ4v) is 3.36. The van der Waals surface area contributed by atoms with E-state index in [-0.39, 0.29) is 23.4 Å². The van der Waals surface area contributed by atoms with Crippen LogP contribution >= 0.6 is 11.8 Å². The molecular weight excluding hydrogens is 334 g/mol. The van der Waals surface area contributed by atoms with Crippen molar-refractivity contribution in [2.75, 3.05) is 5.75 Å². The van der Waals surface area contributed by atoms with Gasteiger partial charge < -0.3 is 10.4 Å². The number of Topliss-reactive ketones (excluding diaryl/α,β-unsaturated/α-hetero) is 1. The Balaban J connectivity index is 2.14. The first-order chi connectivity index (χ1) is 11.9. The number of amides is 1. The first-order valence-electron chi connectivity index (χ1n) is 8.21. The van der Waals surface area contributed by atoms with Crippen molar-refractivity contribution in [3.8, 4) is 5.75 Å². The maximum absolute atomic E-state index is 12.6.